The Bertz CT molecular complexity index is 423. The molecule has 1 atom stereocenters. The van der Waals surface area contributed by atoms with E-state index < -0.39 is 0 Å². The average molecular weight is 294 g/mol. The molecule has 0 heterocycles. The molecule has 0 saturated carbocycles. The lowest BCUT2D eigenvalue weighted by molar-refractivity contribution is 0.591. The van der Waals surface area contributed by atoms with Gasteiger partial charge in [0.1, 0.15) is 0 Å². The summed E-state index contributed by atoms with van der Waals surface area (Å²) in [6, 6.07) is 6.92. The zero-order valence-corrected chi connectivity index (χ0v) is 12.2. The number of allylic oxidation sites excluding steroid dienone is 1. The van der Waals surface area contributed by atoms with Crippen LogP contribution in [0.1, 0.15) is 42.9 Å². The van der Waals surface area contributed by atoms with Gasteiger partial charge in [-0.05, 0) is 62.9 Å². The summed E-state index contributed by atoms with van der Waals surface area (Å²) in [6.45, 7) is 2.19. The molecule has 92 valence electrons. The van der Waals surface area contributed by atoms with Crippen LogP contribution < -0.4 is 5.32 Å². The summed E-state index contributed by atoms with van der Waals surface area (Å²) >= 11 is 3.57. The minimum atomic E-state index is 0.382. The van der Waals surface area contributed by atoms with Crippen LogP contribution in [0.15, 0.2) is 34.3 Å². The maximum Gasteiger partial charge on any atom is 0.0536 e. The van der Waals surface area contributed by atoms with Crippen LogP contribution in [0.5, 0.6) is 0 Å². The van der Waals surface area contributed by atoms with Gasteiger partial charge < -0.3 is 5.32 Å². The molecule has 1 aliphatic carbocycles. The molecule has 1 N–H and O–H groups in total. The molecule has 1 aliphatic rings. The van der Waals surface area contributed by atoms with E-state index in [1.165, 1.54) is 36.8 Å². The molecule has 0 radical (unpaired) electrons. The molecule has 0 spiro atoms. The molecule has 0 fully saturated rings. The van der Waals surface area contributed by atoms with Crippen LogP contribution in [0.2, 0.25) is 0 Å². The van der Waals surface area contributed by atoms with Gasteiger partial charge in [0, 0.05) is 4.47 Å². The van der Waals surface area contributed by atoms with E-state index in [0.717, 1.165) is 4.47 Å². The lowest BCUT2D eigenvalue weighted by Crippen LogP contribution is -2.20. The number of rotatable bonds is 3. The van der Waals surface area contributed by atoms with Crippen molar-refractivity contribution in [1.82, 2.24) is 5.32 Å². The van der Waals surface area contributed by atoms with Gasteiger partial charge in [-0.15, -0.1) is 0 Å². The number of aryl methyl sites for hydroxylation is 1. The van der Waals surface area contributed by atoms with Crippen LogP contribution in [0.25, 0.3) is 0 Å². The molecule has 0 aliphatic heterocycles. The van der Waals surface area contributed by atoms with Crippen molar-refractivity contribution in [2.75, 3.05) is 7.05 Å². The molecule has 2 heteroatoms. The number of hydrogen-bond acceptors (Lipinski definition) is 1. The third kappa shape index (κ3) is 2.99. The summed E-state index contributed by atoms with van der Waals surface area (Å²) in [5, 5.41) is 3.47. The first-order valence-corrected chi connectivity index (χ1v) is 7.14. The van der Waals surface area contributed by atoms with Crippen LogP contribution in [-0.2, 0) is 0 Å². The van der Waals surface area contributed by atoms with Crippen molar-refractivity contribution >= 4 is 15.9 Å². The summed E-state index contributed by atoms with van der Waals surface area (Å²) in [5.41, 5.74) is 4.31. The quantitative estimate of drug-likeness (QED) is 0.808. The molecule has 1 aromatic rings. The Morgan fingerprint density at radius 1 is 1.29 bits per heavy atom. The van der Waals surface area contributed by atoms with Gasteiger partial charge in [-0.25, -0.2) is 0 Å². The fraction of sp³-hybridized carbons (Fsp3) is 0.467. The number of nitrogens with one attached hydrogen (secondary N) is 1. The SMILES string of the molecule is CNC(C1=CCCCC1)c1cc(Br)ccc1C. The highest BCUT2D eigenvalue weighted by molar-refractivity contribution is 9.10. The molecule has 1 unspecified atom stereocenters. The van der Waals surface area contributed by atoms with Gasteiger partial charge in [-0.3, -0.25) is 0 Å². The fourth-order valence-electron chi connectivity index (χ4n) is 2.59. The Balaban J connectivity index is 2.34. The van der Waals surface area contributed by atoms with Crippen LogP contribution in [-0.4, -0.2) is 7.05 Å². The summed E-state index contributed by atoms with van der Waals surface area (Å²) in [5.74, 6) is 0. The Kier molecular flexibility index (Phi) is 4.41. The van der Waals surface area contributed by atoms with E-state index in [4.69, 9.17) is 0 Å². The third-order valence-corrected chi connectivity index (χ3v) is 4.03. The minimum absolute atomic E-state index is 0.382. The van der Waals surface area contributed by atoms with Crippen molar-refractivity contribution in [2.24, 2.45) is 0 Å². The van der Waals surface area contributed by atoms with E-state index in [1.807, 2.05) is 0 Å². The van der Waals surface area contributed by atoms with Crippen LogP contribution in [0.4, 0.5) is 0 Å². The van der Waals surface area contributed by atoms with Crippen molar-refractivity contribution in [3.8, 4) is 0 Å². The largest absolute Gasteiger partial charge is 0.310 e. The summed E-state index contributed by atoms with van der Waals surface area (Å²) in [6.07, 6.45) is 7.57. The molecule has 1 nitrogen and oxygen atoms in total. The minimum Gasteiger partial charge on any atom is -0.310 e. The standard InChI is InChI=1S/C15H20BrN/c1-11-8-9-13(16)10-14(11)15(17-2)12-6-4-3-5-7-12/h6,8-10,15,17H,3-5,7H2,1-2H3. The predicted molar refractivity (Wildman–Crippen MR) is 77.2 cm³/mol. The molecular weight excluding hydrogens is 274 g/mol. The summed E-state index contributed by atoms with van der Waals surface area (Å²) in [7, 11) is 2.06. The average Bonchev–Trinajstić information content (AvgIpc) is 2.36. The number of halogens is 1. The van der Waals surface area contributed by atoms with Gasteiger partial charge in [0.2, 0.25) is 0 Å². The smallest absolute Gasteiger partial charge is 0.0536 e. The summed E-state index contributed by atoms with van der Waals surface area (Å²) in [4.78, 5) is 0. The zero-order chi connectivity index (χ0) is 12.3. The number of likely N-dealkylation sites (N-methyl/N-ethyl adjacent to an activating group) is 1. The van der Waals surface area contributed by atoms with Crippen molar-refractivity contribution in [2.45, 2.75) is 38.6 Å². The molecule has 1 aromatic carbocycles. The van der Waals surface area contributed by atoms with E-state index >= 15 is 0 Å². The van der Waals surface area contributed by atoms with Gasteiger partial charge in [-0.2, -0.15) is 0 Å². The highest BCUT2D eigenvalue weighted by atomic mass is 79.9. The lowest BCUT2D eigenvalue weighted by atomic mass is 9.88. The Morgan fingerprint density at radius 2 is 2.12 bits per heavy atom. The first-order valence-electron chi connectivity index (χ1n) is 6.34. The molecule has 2 rings (SSSR count). The predicted octanol–water partition coefficient (Wildman–Crippen LogP) is 4.52. The van der Waals surface area contributed by atoms with Gasteiger partial charge in [0.15, 0.2) is 0 Å². The Labute approximate surface area is 112 Å². The lowest BCUT2D eigenvalue weighted by Gasteiger charge is -2.25. The van der Waals surface area contributed by atoms with E-state index in [2.05, 4.69) is 59.5 Å². The van der Waals surface area contributed by atoms with Crippen molar-refractivity contribution < 1.29 is 0 Å². The number of benzene rings is 1. The molecule has 0 bridgehead atoms. The second-order valence-electron chi connectivity index (χ2n) is 4.75. The summed E-state index contributed by atoms with van der Waals surface area (Å²) < 4.78 is 1.16. The fourth-order valence-corrected chi connectivity index (χ4v) is 2.97. The molecule has 0 amide bonds. The van der Waals surface area contributed by atoms with Crippen LogP contribution >= 0.6 is 15.9 Å². The third-order valence-electron chi connectivity index (χ3n) is 3.54. The first-order chi connectivity index (χ1) is 8.22. The molecule has 0 aromatic heterocycles. The van der Waals surface area contributed by atoms with Crippen molar-refractivity contribution in [3.05, 3.63) is 45.4 Å². The highest BCUT2D eigenvalue weighted by Crippen LogP contribution is 2.32. The highest BCUT2D eigenvalue weighted by Gasteiger charge is 2.18. The van der Waals surface area contributed by atoms with E-state index in [-0.39, 0.29) is 0 Å². The van der Waals surface area contributed by atoms with E-state index in [1.54, 1.807) is 5.57 Å². The van der Waals surface area contributed by atoms with Gasteiger partial charge in [0.25, 0.3) is 0 Å². The topological polar surface area (TPSA) is 12.0 Å². The zero-order valence-electron chi connectivity index (χ0n) is 10.6. The maximum absolute atomic E-state index is 3.57. The van der Waals surface area contributed by atoms with Gasteiger partial charge in [0.05, 0.1) is 6.04 Å². The Morgan fingerprint density at radius 3 is 2.76 bits per heavy atom. The van der Waals surface area contributed by atoms with Crippen molar-refractivity contribution in [3.63, 3.8) is 0 Å². The maximum atomic E-state index is 3.57. The second kappa shape index (κ2) is 5.83. The van der Waals surface area contributed by atoms with E-state index in [9.17, 15) is 0 Å². The Hall–Kier alpha value is -0.600. The molecule has 17 heavy (non-hydrogen) atoms. The van der Waals surface area contributed by atoms with Gasteiger partial charge >= 0.3 is 0 Å². The monoisotopic (exact) mass is 293 g/mol. The van der Waals surface area contributed by atoms with Crippen LogP contribution in [0.3, 0.4) is 0 Å². The van der Waals surface area contributed by atoms with E-state index in [0.29, 0.717) is 6.04 Å². The number of hydrogen-bond donors (Lipinski definition) is 1. The normalized spacial score (nSPS) is 17.7. The van der Waals surface area contributed by atoms with Gasteiger partial charge in [-0.1, -0.05) is 33.6 Å². The van der Waals surface area contributed by atoms with Crippen LogP contribution in [0, 0.1) is 6.92 Å². The van der Waals surface area contributed by atoms with Crippen molar-refractivity contribution in [1.29, 1.82) is 0 Å². The molecule has 0 saturated heterocycles. The first kappa shape index (κ1) is 12.8. The second-order valence-corrected chi connectivity index (χ2v) is 5.66. The molecular formula is C15H20BrN.